The van der Waals surface area contributed by atoms with Crippen molar-refractivity contribution in [3.63, 3.8) is 0 Å². The fraction of sp³-hybridized carbons (Fsp3) is 0.278. The Balaban J connectivity index is 2.17. The van der Waals surface area contributed by atoms with Gasteiger partial charge in [-0.2, -0.15) is 0 Å². The number of para-hydroxylation sites is 2. The van der Waals surface area contributed by atoms with Gasteiger partial charge in [-0.05, 0) is 43.2 Å². The molecule has 0 N–H and O–H groups in total. The largest absolute Gasteiger partial charge is 0.327 e. The van der Waals surface area contributed by atoms with E-state index in [9.17, 15) is 0 Å². The molecule has 102 valence electrons. The zero-order valence-corrected chi connectivity index (χ0v) is 12.4. The molecule has 20 heavy (non-hydrogen) atoms. The van der Waals surface area contributed by atoms with Crippen molar-refractivity contribution in [2.75, 3.05) is 0 Å². The van der Waals surface area contributed by atoms with Crippen LogP contribution in [0.3, 0.4) is 0 Å². The first-order valence-corrected chi connectivity index (χ1v) is 7.21. The summed E-state index contributed by atoms with van der Waals surface area (Å²) in [6.07, 6.45) is 2.30. The highest BCUT2D eigenvalue weighted by molar-refractivity contribution is 5.80. The molecule has 0 amide bonds. The molecule has 2 nitrogen and oxygen atoms in total. The maximum atomic E-state index is 4.79. The first-order chi connectivity index (χ1) is 9.69. The lowest BCUT2D eigenvalue weighted by molar-refractivity contribution is 0.917. The van der Waals surface area contributed by atoms with Gasteiger partial charge in [0.15, 0.2) is 0 Å². The Hall–Kier alpha value is -2.09. The summed E-state index contributed by atoms with van der Waals surface area (Å²) < 4.78 is 2.18. The number of hydrogen-bond acceptors (Lipinski definition) is 1. The Morgan fingerprint density at radius 2 is 1.90 bits per heavy atom. The quantitative estimate of drug-likeness (QED) is 0.681. The lowest BCUT2D eigenvalue weighted by Gasteiger charge is -2.07. The van der Waals surface area contributed by atoms with Gasteiger partial charge in [0, 0.05) is 12.6 Å². The fourth-order valence-electron chi connectivity index (χ4n) is 2.83. The van der Waals surface area contributed by atoms with Gasteiger partial charge in [0.1, 0.15) is 5.82 Å². The van der Waals surface area contributed by atoms with Crippen LogP contribution in [0, 0.1) is 6.92 Å². The second-order valence-electron chi connectivity index (χ2n) is 5.44. The van der Waals surface area contributed by atoms with Gasteiger partial charge in [0.05, 0.1) is 11.0 Å². The van der Waals surface area contributed by atoms with Crippen molar-refractivity contribution in [2.24, 2.45) is 7.05 Å². The minimum atomic E-state index is 1.05. The van der Waals surface area contributed by atoms with E-state index in [1.807, 2.05) is 6.07 Å². The van der Waals surface area contributed by atoms with E-state index in [0.29, 0.717) is 0 Å². The first-order valence-electron chi connectivity index (χ1n) is 7.21. The summed E-state index contributed by atoms with van der Waals surface area (Å²) >= 11 is 0. The van der Waals surface area contributed by atoms with Gasteiger partial charge in [-0.25, -0.2) is 4.98 Å². The van der Waals surface area contributed by atoms with Crippen molar-refractivity contribution >= 4 is 11.0 Å². The molecule has 3 rings (SSSR count). The molecule has 0 unspecified atom stereocenters. The van der Waals surface area contributed by atoms with E-state index < -0.39 is 0 Å². The van der Waals surface area contributed by atoms with Crippen LogP contribution in [0.2, 0.25) is 0 Å². The third kappa shape index (κ3) is 2.22. The number of aryl methyl sites for hydroxylation is 3. The molecule has 0 saturated carbocycles. The van der Waals surface area contributed by atoms with Crippen LogP contribution in [-0.4, -0.2) is 9.55 Å². The normalized spacial score (nSPS) is 11.2. The van der Waals surface area contributed by atoms with Crippen molar-refractivity contribution in [3.8, 4) is 11.4 Å². The third-order valence-corrected chi connectivity index (χ3v) is 3.72. The SMILES string of the molecule is CCCc1cc(C)cc(-c2nc3ccccc3n2C)c1. The Bertz CT molecular complexity index is 753. The van der Waals surface area contributed by atoms with Crippen LogP contribution >= 0.6 is 0 Å². The average molecular weight is 264 g/mol. The molecule has 0 spiro atoms. The summed E-state index contributed by atoms with van der Waals surface area (Å²) in [6.45, 7) is 4.38. The maximum absolute atomic E-state index is 4.79. The molecule has 0 aliphatic heterocycles. The van der Waals surface area contributed by atoms with Gasteiger partial charge in [0.25, 0.3) is 0 Å². The zero-order valence-electron chi connectivity index (χ0n) is 12.4. The second kappa shape index (κ2) is 5.12. The highest BCUT2D eigenvalue weighted by Crippen LogP contribution is 2.25. The lowest BCUT2D eigenvalue weighted by Crippen LogP contribution is -1.94. The molecule has 0 aliphatic rings. The van der Waals surface area contributed by atoms with Crippen molar-refractivity contribution < 1.29 is 0 Å². The summed E-state index contributed by atoms with van der Waals surface area (Å²) in [6, 6.07) is 15.1. The molecule has 0 fully saturated rings. The Morgan fingerprint density at radius 1 is 1.10 bits per heavy atom. The van der Waals surface area contributed by atoms with Gasteiger partial charge >= 0.3 is 0 Å². The molecule has 0 radical (unpaired) electrons. The van der Waals surface area contributed by atoms with Crippen LogP contribution in [-0.2, 0) is 13.5 Å². The molecule has 0 saturated heterocycles. The van der Waals surface area contributed by atoms with E-state index in [1.54, 1.807) is 0 Å². The summed E-state index contributed by atoms with van der Waals surface area (Å²) in [4.78, 5) is 4.79. The first kappa shape index (κ1) is 12.9. The molecule has 0 aliphatic carbocycles. The van der Waals surface area contributed by atoms with E-state index in [4.69, 9.17) is 4.98 Å². The van der Waals surface area contributed by atoms with E-state index in [1.165, 1.54) is 28.6 Å². The summed E-state index contributed by atoms with van der Waals surface area (Å²) in [5.41, 5.74) is 6.16. The Morgan fingerprint density at radius 3 is 2.65 bits per heavy atom. The van der Waals surface area contributed by atoms with Crippen molar-refractivity contribution in [3.05, 3.63) is 53.6 Å². The number of hydrogen-bond donors (Lipinski definition) is 0. The second-order valence-corrected chi connectivity index (χ2v) is 5.44. The topological polar surface area (TPSA) is 17.8 Å². The Kier molecular flexibility index (Phi) is 3.31. The smallest absolute Gasteiger partial charge is 0.140 e. The van der Waals surface area contributed by atoms with Gasteiger partial charge < -0.3 is 4.57 Å². The highest BCUT2D eigenvalue weighted by Gasteiger charge is 2.10. The lowest BCUT2D eigenvalue weighted by atomic mass is 10.0. The van der Waals surface area contributed by atoms with E-state index in [-0.39, 0.29) is 0 Å². The van der Waals surface area contributed by atoms with Crippen molar-refractivity contribution in [1.29, 1.82) is 0 Å². The standard InChI is InChI=1S/C18H20N2/c1-4-7-14-10-13(2)11-15(12-14)18-19-16-8-5-6-9-17(16)20(18)3/h5-6,8-12H,4,7H2,1-3H3. The molecule has 0 atom stereocenters. The molecule has 3 aromatic rings. The minimum absolute atomic E-state index is 1.05. The number of rotatable bonds is 3. The fourth-order valence-corrected chi connectivity index (χ4v) is 2.83. The predicted molar refractivity (Wildman–Crippen MR) is 84.9 cm³/mol. The Labute approximate surface area is 120 Å². The van der Waals surface area contributed by atoms with Crippen LogP contribution in [0.25, 0.3) is 22.4 Å². The van der Waals surface area contributed by atoms with Crippen LogP contribution in [0.1, 0.15) is 24.5 Å². The molecule has 1 heterocycles. The van der Waals surface area contributed by atoms with Gasteiger partial charge in [-0.1, -0.05) is 37.1 Å². The highest BCUT2D eigenvalue weighted by atomic mass is 15.1. The number of nitrogens with zero attached hydrogens (tertiary/aromatic N) is 2. The van der Waals surface area contributed by atoms with Crippen molar-refractivity contribution in [2.45, 2.75) is 26.7 Å². The summed E-state index contributed by atoms with van der Waals surface area (Å²) in [5.74, 6) is 1.05. The third-order valence-electron chi connectivity index (χ3n) is 3.72. The molecule has 2 aromatic carbocycles. The molecular weight excluding hydrogens is 244 g/mol. The van der Waals surface area contributed by atoms with Gasteiger partial charge in [-0.15, -0.1) is 0 Å². The summed E-state index contributed by atoms with van der Waals surface area (Å²) in [5, 5.41) is 0. The van der Waals surface area contributed by atoms with E-state index in [2.05, 4.69) is 61.9 Å². The average Bonchev–Trinajstić information content (AvgIpc) is 2.77. The number of fused-ring (bicyclic) bond motifs is 1. The molecule has 2 heteroatoms. The van der Waals surface area contributed by atoms with Crippen LogP contribution in [0.4, 0.5) is 0 Å². The van der Waals surface area contributed by atoms with Crippen molar-refractivity contribution in [1.82, 2.24) is 9.55 Å². The number of aromatic nitrogens is 2. The van der Waals surface area contributed by atoms with E-state index >= 15 is 0 Å². The zero-order chi connectivity index (χ0) is 14.1. The van der Waals surface area contributed by atoms with Crippen LogP contribution < -0.4 is 0 Å². The molecule has 0 bridgehead atoms. The van der Waals surface area contributed by atoms with Gasteiger partial charge in [0.2, 0.25) is 0 Å². The van der Waals surface area contributed by atoms with Crippen LogP contribution in [0.5, 0.6) is 0 Å². The molecular formula is C18H20N2. The number of benzene rings is 2. The predicted octanol–water partition coefficient (Wildman–Crippen LogP) is 4.50. The van der Waals surface area contributed by atoms with Crippen LogP contribution in [0.15, 0.2) is 42.5 Å². The van der Waals surface area contributed by atoms with Gasteiger partial charge in [-0.3, -0.25) is 0 Å². The maximum Gasteiger partial charge on any atom is 0.140 e. The molecule has 1 aromatic heterocycles. The summed E-state index contributed by atoms with van der Waals surface area (Å²) in [7, 11) is 2.09. The monoisotopic (exact) mass is 264 g/mol. The van der Waals surface area contributed by atoms with E-state index in [0.717, 1.165) is 17.8 Å². The number of imidazole rings is 1. The minimum Gasteiger partial charge on any atom is -0.327 e.